The smallest absolute Gasteiger partial charge is 0.323 e. The first kappa shape index (κ1) is 15.5. The summed E-state index contributed by atoms with van der Waals surface area (Å²) in [4.78, 5) is 29.2. The molecule has 1 N–H and O–H groups in total. The van der Waals surface area contributed by atoms with E-state index in [1.807, 2.05) is 6.92 Å². The van der Waals surface area contributed by atoms with E-state index in [0.717, 1.165) is 38.9 Å². The molecular formula is C16H23N3O2S. The zero-order valence-corrected chi connectivity index (χ0v) is 14.0. The first-order valence-corrected chi connectivity index (χ1v) is 8.73. The molecule has 1 aromatic heterocycles. The number of nitrogens with one attached hydrogen (secondary N) is 1. The SMILES string of the molecule is CN1C(=O)NC(C)(C2CCCN(CCc3cccs3)C2)C1=O. The normalized spacial score (nSPS) is 29.9. The second-order valence-electron chi connectivity index (χ2n) is 6.47. The Balaban J connectivity index is 1.63. The lowest BCUT2D eigenvalue weighted by Gasteiger charge is -2.39. The Morgan fingerprint density at radius 1 is 1.45 bits per heavy atom. The highest BCUT2D eigenvalue weighted by atomic mass is 32.1. The molecule has 0 aromatic carbocycles. The molecule has 3 heterocycles. The number of hydrogen-bond donors (Lipinski definition) is 1. The number of carbonyl (C=O) groups excluding carboxylic acids is 2. The zero-order chi connectivity index (χ0) is 15.7. The molecule has 0 saturated carbocycles. The van der Waals surface area contributed by atoms with Gasteiger partial charge < -0.3 is 10.2 Å². The van der Waals surface area contributed by atoms with Crippen molar-refractivity contribution in [1.82, 2.24) is 15.1 Å². The number of thiophene rings is 1. The van der Waals surface area contributed by atoms with E-state index < -0.39 is 5.54 Å². The Labute approximate surface area is 135 Å². The van der Waals surface area contributed by atoms with E-state index in [9.17, 15) is 9.59 Å². The van der Waals surface area contributed by atoms with Crippen molar-refractivity contribution in [2.45, 2.75) is 31.7 Å². The lowest BCUT2D eigenvalue weighted by molar-refractivity contribution is -0.132. The van der Waals surface area contributed by atoms with Gasteiger partial charge in [-0.1, -0.05) is 6.07 Å². The molecule has 6 heteroatoms. The van der Waals surface area contributed by atoms with Crippen LogP contribution >= 0.6 is 11.3 Å². The van der Waals surface area contributed by atoms with Gasteiger partial charge in [-0.15, -0.1) is 11.3 Å². The molecule has 2 fully saturated rings. The fourth-order valence-corrected chi connectivity index (χ4v) is 4.23. The van der Waals surface area contributed by atoms with Crippen molar-refractivity contribution in [2.75, 3.05) is 26.7 Å². The van der Waals surface area contributed by atoms with Crippen LogP contribution in [0.2, 0.25) is 0 Å². The van der Waals surface area contributed by atoms with Gasteiger partial charge in [0.2, 0.25) is 0 Å². The van der Waals surface area contributed by atoms with Crippen LogP contribution in [0.15, 0.2) is 17.5 Å². The van der Waals surface area contributed by atoms with Gasteiger partial charge in [-0.25, -0.2) is 4.79 Å². The van der Waals surface area contributed by atoms with E-state index in [-0.39, 0.29) is 17.9 Å². The summed E-state index contributed by atoms with van der Waals surface area (Å²) in [6.07, 6.45) is 3.13. The predicted octanol–water partition coefficient (Wildman–Crippen LogP) is 1.94. The van der Waals surface area contributed by atoms with Gasteiger partial charge in [0, 0.05) is 30.9 Å². The monoisotopic (exact) mass is 321 g/mol. The van der Waals surface area contributed by atoms with Gasteiger partial charge >= 0.3 is 6.03 Å². The van der Waals surface area contributed by atoms with Crippen LogP contribution in [0, 0.1) is 5.92 Å². The molecule has 2 aliphatic heterocycles. The zero-order valence-electron chi connectivity index (χ0n) is 13.2. The maximum absolute atomic E-state index is 12.4. The van der Waals surface area contributed by atoms with Crippen molar-refractivity contribution >= 4 is 23.3 Å². The third-order valence-electron chi connectivity index (χ3n) is 5.00. The Morgan fingerprint density at radius 2 is 2.27 bits per heavy atom. The van der Waals surface area contributed by atoms with Gasteiger partial charge in [0.15, 0.2) is 0 Å². The van der Waals surface area contributed by atoms with Crippen molar-refractivity contribution in [3.8, 4) is 0 Å². The van der Waals surface area contributed by atoms with Gasteiger partial charge in [0.25, 0.3) is 5.91 Å². The lowest BCUT2D eigenvalue weighted by atomic mass is 9.80. The van der Waals surface area contributed by atoms with E-state index in [2.05, 4.69) is 27.7 Å². The molecule has 2 saturated heterocycles. The Kier molecular flexibility index (Phi) is 4.23. The molecule has 1 aromatic rings. The maximum atomic E-state index is 12.4. The minimum absolute atomic E-state index is 0.0948. The average molecular weight is 321 g/mol. The summed E-state index contributed by atoms with van der Waals surface area (Å²) < 4.78 is 0. The molecule has 120 valence electrons. The molecule has 2 aliphatic rings. The fraction of sp³-hybridized carbons (Fsp3) is 0.625. The summed E-state index contributed by atoms with van der Waals surface area (Å²) >= 11 is 1.79. The highest BCUT2D eigenvalue weighted by Crippen LogP contribution is 2.32. The number of piperidine rings is 1. The number of hydrogen-bond acceptors (Lipinski definition) is 4. The van der Waals surface area contributed by atoms with Crippen LogP contribution < -0.4 is 5.32 Å². The minimum atomic E-state index is -0.743. The molecule has 0 aliphatic carbocycles. The van der Waals surface area contributed by atoms with Crippen molar-refractivity contribution in [2.24, 2.45) is 5.92 Å². The van der Waals surface area contributed by atoms with E-state index >= 15 is 0 Å². The number of carbonyl (C=O) groups is 2. The van der Waals surface area contributed by atoms with Crippen LogP contribution in [0.25, 0.3) is 0 Å². The summed E-state index contributed by atoms with van der Waals surface area (Å²) in [6.45, 7) is 4.85. The van der Waals surface area contributed by atoms with Crippen molar-refractivity contribution < 1.29 is 9.59 Å². The van der Waals surface area contributed by atoms with Crippen molar-refractivity contribution in [3.63, 3.8) is 0 Å². The number of imide groups is 1. The van der Waals surface area contributed by atoms with E-state index in [1.54, 1.807) is 18.4 Å². The fourth-order valence-electron chi connectivity index (χ4n) is 3.53. The minimum Gasteiger partial charge on any atom is -0.323 e. The van der Waals surface area contributed by atoms with Gasteiger partial charge in [0.1, 0.15) is 5.54 Å². The number of urea groups is 1. The average Bonchev–Trinajstić information content (AvgIpc) is 3.10. The van der Waals surface area contributed by atoms with Crippen molar-refractivity contribution in [1.29, 1.82) is 0 Å². The second kappa shape index (κ2) is 6.01. The Morgan fingerprint density at radius 3 is 2.91 bits per heavy atom. The summed E-state index contributed by atoms with van der Waals surface area (Å²) in [6, 6.07) is 3.98. The molecular weight excluding hydrogens is 298 g/mol. The summed E-state index contributed by atoms with van der Waals surface area (Å²) in [7, 11) is 1.56. The van der Waals surface area contributed by atoms with Crippen LogP contribution in [0.1, 0.15) is 24.6 Å². The van der Waals surface area contributed by atoms with Crippen LogP contribution in [-0.2, 0) is 11.2 Å². The molecule has 22 heavy (non-hydrogen) atoms. The topological polar surface area (TPSA) is 52.7 Å². The van der Waals surface area contributed by atoms with Gasteiger partial charge in [-0.05, 0) is 44.2 Å². The number of nitrogens with zero attached hydrogens (tertiary/aromatic N) is 2. The van der Waals surface area contributed by atoms with Crippen molar-refractivity contribution in [3.05, 3.63) is 22.4 Å². The molecule has 2 atom stereocenters. The molecule has 5 nitrogen and oxygen atoms in total. The van der Waals surface area contributed by atoms with E-state index in [0.29, 0.717) is 0 Å². The molecule has 2 unspecified atom stereocenters. The quantitative estimate of drug-likeness (QED) is 0.862. The third-order valence-corrected chi connectivity index (χ3v) is 5.93. The summed E-state index contributed by atoms with van der Waals surface area (Å²) in [5, 5.41) is 5.01. The molecule has 0 bridgehead atoms. The van der Waals surface area contributed by atoms with E-state index in [1.165, 1.54) is 9.78 Å². The molecule has 3 amide bonds. The summed E-state index contributed by atoms with van der Waals surface area (Å²) in [5.41, 5.74) is -0.743. The number of likely N-dealkylation sites (tertiary alicyclic amines) is 1. The van der Waals surface area contributed by atoms with Crippen LogP contribution in [0.4, 0.5) is 4.79 Å². The van der Waals surface area contributed by atoms with Gasteiger partial charge in [0.05, 0.1) is 0 Å². The highest BCUT2D eigenvalue weighted by Gasteiger charge is 2.51. The summed E-state index contributed by atoms with van der Waals surface area (Å²) in [5.74, 6) is 0.0913. The van der Waals surface area contributed by atoms with Crippen LogP contribution in [0.3, 0.4) is 0 Å². The standard InChI is InChI=1S/C16H23N3O2S/c1-16(14(20)18(2)15(21)17-16)12-5-3-8-19(11-12)9-7-13-6-4-10-22-13/h4,6,10,12H,3,5,7-9,11H2,1-2H3,(H,17,21). The van der Waals surface area contributed by atoms with Crippen LogP contribution in [-0.4, -0.2) is 54.0 Å². The van der Waals surface area contributed by atoms with Gasteiger partial charge in [-0.2, -0.15) is 0 Å². The second-order valence-corrected chi connectivity index (χ2v) is 7.50. The third kappa shape index (κ3) is 2.77. The molecule has 3 rings (SSSR count). The van der Waals surface area contributed by atoms with E-state index in [4.69, 9.17) is 0 Å². The maximum Gasteiger partial charge on any atom is 0.324 e. The lowest BCUT2D eigenvalue weighted by Crippen LogP contribution is -2.55. The highest BCUT2D eigenvalue weighted by molar-refractivity contribution is 7.09. The number of amides is 3. The molecule has 0 radical (unpaired) electrons. The molecule has 0 spiro atoms. The van der Waals surface area contributed by atoms with Crippen LogP contribution in [0.5, 0.6) is 0 Å². The Hall–Kier alpha value is -1.40. The largest absolute Gasteiger partial charge is 0.324 e. The first-order valence-electron chi connectivity index (χ1n) is 7.86. The Bertz CT molecular complexity index is 560. The number of rotatable bonds is 4. The first-order chi connectivity index (χ1) is 10.5. The number of likely N-dealkylation sites (N-methyl/N-ethyl adjacent to an activating group) is 1. The van der Waals surface area contributed by atoms with Gasteiger partial charge in [-0.3, -0.25) is 9.69 Å². The predicted molar refractivity (Wildman–Crippen MR) is 86.9 cm³/mol.